The van der Waals surface area contributed by atoms with E-state index in [2.05, 4.69) is 11.1 Å². The summed E-state index contributed by atoms with van der Waals surface area (Å²) in [5, 5.41) is 0.637. The fourth-order valence-electron chi connectivity index (χ4n) is 2.12. The highest BCUT2D eigenvalue weighted by Gasteiger charge is 2.30. The molecule has 0 bridgehead atoms. The quantitative estimate of drug-likeness (QED) is 0.739. The van der Waals surface area contributed by atoms with Gasteiger partial charge in [0.25, 0.3) is 0 Å². The third-order valence-electron chi connectivity index (χ3n) is 3.15. The van der Waals surface area contributed by atoms with E-state index >= 15 is 0 Å². The van der Waals surface area contributed by atoms with E-state index in [1.807, 2.05) is 19.9 Å². The molecule has 0 spiro atoms. The molecule has 2 aromatic rings. The second-order valence-corrected chi connectivity index (χ2v) is 5.55. The predicted octanol–water partition coefficient (Wildman–Crippen LogP) is 2.22. The number of aryl methyl sites for hydroxylation is 2. The van der Waals surface area contributed by atoms with Crippen molar-refractivity contribution in [2.75, 3.05) is 11.4 Å². The molecule has 0 unspecified atom stereocenters. The van der Waals surface area contributed by atoms with Gasteiger partial charge in [-0.15, -0.1) is 0 Å². The molecular weight excluding hydrogens is 248 g/mol. The number of hydrogen-bond acceptors (Lipinski definition) is 4. The number of carbonyl (C=O) groups is 2. The van der Waals surface area contributed by atoms with Crippen LogP contribution in [-0.4, -0.2) is 23.2 Å². The van der Waals surface area contributed by atoms with Crippen LogP contribution in [0.1, 0.15) is 17.5 Å². The molecule has 1 amide bonds. The zero-order valence-electron chi connectivity index (χ0n) is 10.2. The second kappa shape index (κ2) is 3.88. The summed E-state index contributed by atoms with van der Waals surface area (Å²) < 4.78 is 1.09. The lowest BCUT2D eigenvalue weighted by atomic mass is 10.1. The molecule has 4 nitrogen and oxygen atoms in total. The maximum Gasteiger partial charge on any atom is 0.236 e. The van der Waals surface area contributed by atoms with Crippen LogP contribution in [0.15, 0.2) is 12.1 Å². The molecule has 0 atom stereocenters. The topological polar surface area (TPSA) is 50.3 Å². The van der Waals surface area contributed by atoms with Crippen molar-refractivity contribution in [3.05, 3.63) is 23.3 Å². The fourth-order valence-corrected chi connectivity index (χ4v) is 3.25. The molecule has 1 aliphatic rings. The van der Waals surface area contributed by atoms with Gasteiger partial charge in [-0.3, -0.25) is 14.5 Å². The minimum absolute atomic E-state index is 0.00783. The van der Waals surface area contributed by atoms with Crippen LogP contribution in [-0.2, 0) is 9.59 Å². The molecule has 3 rings (SSSR count). The van der Waals surface area contributed by atoms with Gasteiger partial charge < -0.3 is 0 Å². The van der Waals surface area contributed by atoms with Crippen molar-refractivity contribution in [2.45, 2.75) is 20.3 Å². The van der Waals surface area contributed by atoms with E-state index in [0.29, 0.717) is 5.13 Å². The first kappa shape index (κ1) is 11.3. The van der Waals surface area contributed by atoms with Gasteiger partial charge in [0.15, 0.2) is 10.9 Å². The number of hydrogen-bond donors (Lipinski definition) is 0. The number of carbonyl (C=O) groups excluding carboxylic acids is 2. The summed E-state index contributed by atoms with van der Waals surface area (Å²) in [7, 11) is 0. The number of ketones is 1. The van der Waals surface area contributed by atoms with Gasteiger partial charge in [-0.2, -0.15) is 0 Å². The third kappa shape index (κ3) is 1.62. The van der Waals surface area contributed by atoms with Crippen LogP contribution in [0.4, 0.5) is 5.13 Å². The Balaban J connectivity index is 2.14. The van der Waals surface area contributed by atoms with Crippen molar-refractivity contribution in [2.24, 2.45) is 0 Å². The second-order valence-electron chi connectivity index (χ2n) is 4.57. The fraction of sp³-hybridized carbons (Fsp3) is 0.308. The Hall–Kier alpha value is -1.75. The van der Waals surface area contributed by atoms with Gasteiger partial charge >= 0.3 is 0 Å². The normalized spacial score (nSPS) is 16.0. The molecule has 2 heterocycles. The van der Waals surface area contributed by atoms with Gasteiger partial charge in [0.2, 0.25) is 5.91 Å². The average Bonchev–Trinajstić information content (AvgIpc) is 2.88. The first-order valence-electron chi connectivity index (χ1n) is 5.75. The maximum atomic E-state index is 11.7. The lowest BCUT2D eigenvalue weighted by molar-refractivity contribution is -0.121. The number of fused-ring (bicyclic) bond motifs is 1. The molecule has 18 heavy (non-hydrogen) atoms. The number of anilines is 1. The Morgan fingerprint density at radius 1 is 1.22 bits per heavy atom. The lowest BCUT2D eigenvalue weighted by Crippen LogP contribution is -2.24. The zero-order chi connectivity index (χ0) is 12.9. The van der Waals surface area contributed by atoms with Gasteiger partial charge in [0.1, 0.15) is 0 Å². The molecule has 1 aromatic carbocycles. The summed E-state index contributed by atoms with van der Waals surface area (Å²) in [5.41, 5.74) is 3.18. The minimum Gasteiger partial charge on any atom is -0.297 e. The van der Waals surface area contributed by atoms with Crippen LogP contribution in [0, 0.1) is 13.8 Å². The maximum absolute atomic E-state index is 11.7. The van der Waals surface area contributed by atoms with E-state index in [4.69, 9.17) is 0 Å². The summed E-state index contributed by atoms with van der Waals surface area (Å²) in [6, 6.07) is 4.08. The van der Waals surface area contributed by atoms with Crippen LogP contribution in [0.5, 0.6) is 0 Å². The standard InChI is InChI=1S/C13H12N2O2S/c1-7-3-4-8(2)12-11(7)14-13(18-12)15-6-9(16)5-10(15)17/h3-4H,5-6H2,1-2H3. The SMILES string of the molecule is Cc1ccc(C)c2sc(N3CC(=O)CC3=O)nc12. The van der Waals surface area contributed by atoms with Crippen LogP contribution in [0.25, 0.3) is 10.2 Å². The van der Waals surface area contributed by atoms with E-state index in [9.17, 15) is 9.59 Å². The van der Waals surface area contributed by atoms with Gasteiger partial charge in [-0.25, -0.2) is 4.98 Å². The monoisotopic (exact) mass is 260 g/mol. The zero-order valence-corrected chi connectivity index (χ0v) is 11.0. The van der Waals surface area contributed by atoms with E-state index in [1.54, 1.807) is 0 Å². The Bertz CT molecular complexity index is 636. The van der Waals surface area contributed by atoms with Gasteiger partial charge in [-0.05, 0) is 25.0 Å². The molecule has 1 fully saturated rings. The van der Waals surface area contributed by atoms with E-state index in [1.165, 1.54) is 16.2 Å². The van der Waals surface area contributed by atoms with Crippen LogP contribution in [0.2, 0.25) is 0 Å². The van der Waals surface area contributed by atoms with Crippen LogP contribution < -0.4 is 4.90 Å². The van der Waals surface area contributed by atoms with Crippen molar-refractivity contribution in [3.8, 4) is 0 Å². The Morgan fingerprint density at radius 2 is 1.94 bits per heavy atom. The number of Topliss-reactive ketones (excluding diaryl/α,β-unsaturated/α-hetero) is 1. The smallest absolute Gasteiger partial charge is 0.236 e. The van der Waals surface area contributed by atoms with Gasteiger partial charge in [-0.1, -0.05) is 23.5 Å². The Kier molecular flexibility index (Phi) is 2.45. The first-order chi connectivity index (χ1) is 8.56. The van der Waals surface area contributed by atoms with Gasteiger partial charge in [0.05, 0.1) is 23.2 Å². The Morgan fingerprint density at radius 3 is 2.56 bits per heavy atom. The highest BCUT2D eigenvalue weighted by Crippen LogP contribution is 2.34. The van der Waals surface area contributed by atoms with E-state index in [0.717, 1.165) is 21.3 Å². The first-order valence-corrected chi connectivity index (χ1v) is 6.56. The summed E-state index contributed by atoms with van der Waals surface area (Å²) >= 11 is 1.48. The molecule has 5 heteroatoms. The van der Waals surface area contributed by atoms with Gasteiger partial charge in [0, 0.05) is 0 Å². The molecule has 1 saturated heterocycles. The number of benzene rings is 1. The average molecular weight is 260 g/mol. The molecule has 0 saturated carbocycles. The molecule has 0 radical (unpaired) electrons. The molecular formula is C13H12N2O2S. The van der Waals surface area contributed by atoms with Crippen molar-refractivity contribution in [3.63, 3.8) is 0 Å². The lowest BCUT2D eigenvalue weighted by Gasteiger charge is -2.08. The van der Waals surface area contributed by atoms with Crippen LogP contribution in [0.3, 0.4) is 0 Å². The van der Waals surface area contributed by atoms with E-state index in [-0.39, 0.29) is 24.7 Å². The third-order valence-corrected chi connectivity index (χ3v) is 4.36. The van der Waals surface area contributed by atoms with Crippen LogP contribution >= 0.6 is 11.3 Å². The number of aromatic nitrogens is 1. The molecule has 0 N–H and O–H groups in total. The highest BCUT2D eigenvalue weighted by molar-refractivity contribution is 7.22. The van der Waals surface area contributed by atoms with Crippen molar-refractivity contribution < 1.29 is 9.59 Å². The summed E-state index contributed by atoms with van der Waals surface area (Å²) in [5.74, 6) is -0.179. The van der Waals surface area contributed by atoms with Crippen molar-refractivity contribution in [1.82, 2.24) is 4.98 Å². The number of amides is 1. The largest absolute Gasteiger partial charge is 0.297 e. The molecule has 1 aromatic heterocycles. The molecule has 0 aliphatic carbocycles. The highest BCUT2D eigenvalue weighted by atomic mass is 32.1. The molecule has 92 valence electrons. The minimum atomic E-state index is -0.144. The molecule has 1 aliphatic heterocycles. The Labute approximate surface area is 108 Å². The van der Waals surface area contributed by atoms with Crippen molar-refractivity contribution in [1.29, 1.82) is 0 Å². The summed E-state index contributed by atoms with van der Waals surface area (Å²) in [6.45, 7) is 4.19. The number of nitrogens with zero attached hydrogens (tertiary/aromatic N) is 2. The summed E-state index contributed by atoms with van der Waals surface area (Å²) in [4.78, 5) is 29.0. The predicted molar refractivity (Wildman–Crippen MR) is 71.1 cm³/mol. The van der Waals surface area contributed by atoms with E-state index < -0.39 is 0 Å². The number of thiazole rings is 1. The summed E-state index contributed by atoms with van der Waals surface area (Å²) in [6.07, 6.45) is 0.00783. The van der Waals surface area contributed by atoms with Crippen molar-refractivity contribution >= 4 is 38.4 Å². The number of rotatable bonds is 1.